The molecule has 0 aliphatic carbocycles. The van der Waals surface area contributed by atoms with E-state index in [0.29, 0.717) is 0 Å². The molecular weight excluding hydrogens is 1370 g/mol. The standard InChI is InChI=1S/C56H94N4O40/c1-13-29(70)39(80)42(83)53(88-13)86-12-24-45(37(78)25(49(85)89-24)57-14(2)66)96-52-28(60-17(5)69)38(79)44(22(10-65)94-52)97-54-43(84)46(98-56-48(41(82)33(74)21(9-64)93-56)100-51-27(59-16(4)68)36(77)31(72)19(7-62)91-51)34(75)23(95-54)11-87-55-47(40(81)32(73)20(8-63)92-55)99-50-26(58-15(3)67)35(76)30(71)18(6-61)90-50/h13,18-56,61-65,70-85H,6-12H2,1-5H3,(H,57,66)(H,58,67)(H,59,68)(H,60,69)/t13-,18+,19+,20+,21+,22+,23+,24+,25+,26+,27+,28+,29+,30+,31+,32+,33+,34+,35+,36+,37+,38+,39+,40-,41-,42-,43-,44+,45+,46-,47-,48-,49-,50-,51-,52-,53+,54-,55-,56+/m0/s1. The fourth-order valence-electron chi connectivity index (χ4n) is 12.8. The molecule has 8 heterocycles. The van der Waals surface area contributed by atoms with Crippen LogP contribution in [0.1, 0.15) is 34.6 Å². The van der Waals surface area contributed by atoms with Crippen LogP contribution in [-0.2, 0) is 90.2 Å². The Morgan fingerprint density at radius 1 is 0.280 bits per heavy atom. The van der Waals surface area contributed by atoms with Gasteiger partial charge < -0.3 is 200 Å². The maximum atomic E-state index is 13.1. The highest BCUT2D eigenvalue weighted by Gasteiger charge is 2.60. The van der Waals surface area contributed by atoms with Crippen LogP contribution in [0.25, 0.3) is 0 Å². The first-order valence-corrected chi connectivity index (χ1v) is 32.0. The van der Waals surface area contributed by atoms with Gasteiger partial charge in [-0.05, 0) is 6.92 Å². The van der Waals surface area contributed by atoms with Crippen molar-refractivity contribution in [1.82, 2.24) is 21.3 Å². The Kier molecular flexibility index (Phi) is 29.3. The lowest BCUT2D eigenvalue weighted by Gasteiger charge is -2.51. The quantitative estimate of drug-likeness (QED) is 0.0404. The van der Waals surface area contributed by atoms with Gasteiger partial charge in [-0.2, -0.15) is 0 Å². The van der Waals surface area contributed by atoms with E-state index in [-0.39, 0.29) is 0 Å². The van der Waals surface area contributed by atoms with Gasteiger partial charge in [0.15, 0.2) is 50.3 Å². The Labute approximate surface area is 567 Å². The molecule has 40 atom stereocenters. The summed E-state index contributed by atoms with van der Waals surface area (Å²) in [6.45, 7) is -1.92. The highest BCUT2D eigenvalue weighted by atomic mass is 16.8. The van der Waals surface area contributed by atoms with Crippen LogP contribution in [0.4, 0.5) is 0 Å². The number of ether oxygens (including phenoxy) is 15. The smallest absolute Gasteiger partial charge is 0.217 e. The predicted molar refractivity (Wildman–Crippen MR) is 309 cm³/mol. The number of aliphatic hydroxyl groups is 21. The van der Waals surface area contributed by atoms with Crippen LogP contribution in [0, 0.1) is 0 Å². The van der Waals surface area contributed by atoms with Gasteiger partial charge in [0.1, 0.15) is 189 Å². The zero-order chi connectivity index (χ0) is 73.8. The number of carbonyl (C=O) groups excluding carboxylic acids is 4. The number of nitrogens with one attached hydrogen (secondary N) is 4. The number of carbonyl (C=O) groups is 4. The van der Waals surface area contributed by atoms with Crippen molar-refractivity contribution in [3.8, 4) is 0 Å². The van der Waals surface area contributed by atoms with E-state index in [1.54, 1.807) is 0 Å². The molecule has 0 spiro atoms. The molecule has 8 aliphatic rings. The summed E-state index contributed by atoms with van der Waals surface area (Å²) in [5.74, 6) is -3.42. The lowest BCUT2D eigenvalue weighted by atomic mass is 9.93. The number of aliphatic hydroxyl groups excluding tert-OH is 21. The molecule has 44 nitrogen and oxygen atoms in total. The average molecular weight is 1460 g/mol. The summed E-state index contributed by atoms with van der Waals surface area (Å²) in [6, 6.07) is -7.10. The van der Waals surface area contributed by atoms with E-state index in [1.165, 1.54) is 6.92 Å². The van der Waals surface area contributed by atoms with Crippen LogP contribution >= 0.6 is 0 Å². The van der Waals surface area contributed by atoms with Gasteiger partial charge >= 0.3 is 0 Å². The first-order chi connectivity index (χ1) is 47.2. The summed E-state index contributed by atoms with van der Waals surface area (Å²) in [7, 11) is 0. The Balaban J connectivity index is 1.14. The molecule has 100 heavy (non-hydrogen) atoms. The molecular formula is C56H94N4O40. The molecule has 578 valence electrons. The molecule has 44 heteroatoms. The third kappa shape index (κ3) is 18.3. The molecule has 0 aromatic rings. The number of amides is 4. The molecule has 4 amide bonds. The Morgan fingerprint density at radius 3 is 1.09 bits per heavy atom. The summed E-state index contributed by atoms with van der Waals surface area (Å²) < 4.78 is 88.8. The van der Waals surface area contributed by atoms with Crippen molar-refractivity contribution in [2.45, 2.75) is 280 Å². The van der Waals surface area contributed by atoms with Gasteiger partial charge in [-0.3, -0.25) is 19.2 Å². The van der Waals surface area contributed by atoms with E-state index in [0.717, 1.165) is 27.7 Å². The van der Waals surface area contributed by atoms with E-state index >= 15 is 0 Å². The van der Waals surface area contributed by atoms with E-state index < -0.39 is 315 Å². The summed E-state index contributed by atoms with van der Waals surface area (Å²) in [5, 5.41) is 242. The monoisotopic (exact) mass is 1460 g/mol. The molecule has 25 N–H and O–H groups in total. The van der Waals surface area contributed by atoms with Crippen molar-refractivity contribution >= 4 is 23.6 Å². The molecule has 0 unspecified atom stereocenters. The SMILES string of the molecule is CC(=O)N[C@@H]1[C@@H](O)[C@H](O[C@@H]2O[C@H](CO)[C@@H](O[C@@H]3O[C@H](CO[C@H]4O[C@H](CO)[C@@H](O)[C@H](O)[C@@H]4O[C@@H]4O[C@H](CO)[C@@H](O)[C@H](O)[C@H]4NC(C)=O)[C@@H](O)[C@H](O[C@H]4O[C@H](CO)[C@@H](O)[C@H](O)[C@@H]4O[C@@H]4O[C@H](CO)[C@@H](O)[C@H](O)[C@H]4NC(C)=O)[C@@H]3O)[C@H](O)[C@H]2NC(C)=O)[C@@H](CO[C@@H]2O[C@@H](C)[C@@H](O)[C@@H](O)[C@@H]2O)O[C@@H]1O. The first-order valence-electron chi connectivity index (χ1n) is 32.0. The summed E-state index contributed by atoms with van der Waals surface area (Å²) in [6.07, 6.45) is -71.6. The van der Waals surface area contributed by atoms with E-state index in [2.05, 4.69) is 21.3 Å². The maximum Gasteiger partial charge on any atom is 0.217 e. The second kappa shape index (κ2) is 35.7. The Hall–Kier alpha value is -3.56. The highest BCUT2D eigenvalue weighted by Crippen LogP contribution is 2.38. The van der Waals surface area contributed by atoms with Crippen LogP contribution in [0.5, 0.6) is 0 Å². The third-order valence-corrected chi connectivity index (χ3v) is 18.2. The molecule has 8 aliphatic heterocycles. The van der Waals surface area contributed by atoms with Crippen LogP contribution in [0.15, 0.2) is 0 Å². The lowest BCUT2D eigenvalue weighted by Crippen LogP contribution is -2.71. The average Bonchev–Trinajstić information content (AvgIpc) is 0.770. The minimum Gasteiger partial charge on any atom is -0.394 e. The predicted octanol–water partition coefficient (Wildman–Crippen LogP) is -16.8. The van der Waals surface area contributed by atoms with E-state index in [1.807, 2.05) is 0 Å². The molecule has 0 aromatic carbocycles. The van der Waals surface area contributed by atoms with Crippen molar-refractivity contribution in [2.75, 3.05) is 46.2 Å². The second-order valence-electron chi connectivity index (χ2n) is 25.4. The van der Waals surface area contributed by atoms with Crippen molar-refractivity contribution in [3.05, 3.63) is 0 Å². The Morgan fingerprint density at radius 2 is 0.620 bits per heavy atom. The number of hydrogen-bond donors (Lipinski definition) is 25. The van der Waals surface area contributed by atoms with Gasteiger partial charge in [-0.25, -0.2) is 0 Å². The summed E-state index contributed by atoms with van der Waals surface area (Å²) in [5.41, 5.74) is 0. The largest absolute Gasteiger partial charge is 0.394 e. The highest BCUT2D eigenvalue weighted by molar-refractivity contribution is 5.74. The molecule has 8 fully saturated rings. The van der Waals surface area contributed by atoms with Gasteiger partial charge in [-0.1, -0.05) is 0 Å². The Bertz CT molecular complexity index is 2620. The normalized spacial score (nSPS) is 48.7. The van der Waals surface area contributed by atoms with Crippen molar-refractivity contribution in [2.24, 2.45) is 0 Å². The third-order valence-electron chi connectivity index (χ3n) is 18.2. The minimum atomic E-state index is -2.50. The van der Waals surface area contributed by atoms with Crippen molar-refractivity contribution in [3.63, 3.8) is 0 Å². The fraction of sp³-hybridized carbons (Fsp3) is 0.929. The van der Waals surface area contributed by atoms with Crippen molar-refractivity contribution < 1.29 is 197 Å². The van der Waals surface area contributed by atoms with Crippen molar-refractivity contribution in [1.29, 1.82) is 0 Å². The minimum absolute atomic E-state index is 0.809. The molecule has 0 saturated carbocycles. The van der Waals surface area contributed by atoms with Crippen LogP contribution in [0.3, 0.4) is 0 Å². The van der Waals surface area contributed by atoms with Crippen LogP contribution in [-0.4, -0.2) is 423 Å². The van der Waals surface area contributed by atoms with Gasteiger partial charge in [0, 0.05) is 27.7 Å². The summed E-state index contributed by atoms with van der Waals surface area (Å²) in [4.78, 5) is 50.2. The fourth-order valence-corrected chi connectivity index (χ4v) is 12.8. The van der Waals surface area contributed by atoms with E-state index in [9.17, 15) is 126 Å². The molecule has 8 saturated heterocycles. The summed E-state index contributed by atoms with van der Waals surface area (Å²) >= 11 is 0. The first kappa shape index (κ1) is 82.1. The number of rotatable bonds is 25. The zero-order valence-electron chi connectivity index (χ0n) is 54.2. The van der Waals surface area contributed by atoms with Crippen LogP contribution in [0.2, 0.25) is 0 Å². The van der Waals surface area contributed by atoms with Gasteiger partial charge in [0.25, 0.3) is 0 Å². The number of hydrogen-bond acceptors (Lipinski definition) is 40. The maximum absolute atomic E-state index is 13.1. The molecule has 0 bridgehead atoms. The molecule has 8 rings (SSSR count). The van der Waals surface area contributed by atoms with Crippen LogP contribution < -0.4 is 21.3 Å². The van der Waals surface area contributed by atoms with Gasteiger partial charge in [-0.15, -0.1) is 0 Å². The topological polar surface area (TPSA) is 680 Å². The van der Waals surface area contributed by atoms with E-state index in [4.69, 9.17) is 71.1 Å². The second-order valence-corrected chi connectivity index (χ2v) is 25.4. The lowest BCUT2D eigenvalue weighted by molar-refractivity contribution is -0.396. The molecule has 0 aromatic heterocycles. The van der Waals surface area contributed by atoms with Gasteiger partial charge in [0.05, 0.1) is 52.4 Å². The molecule has 0 radical (unpaired) electrons. The van der Waals surface area contributed by atoms with Gasteiger partial charge in [0.2, 0.25) is 23.6 Å². The zero-order valence-corrected chi connectivity index (χ0v) is 54.2.